The average Bonchev–Trinajstić information content (AvgIpc) is 3.25. The first-order chi connectivity index (χ1) is 13.1. The first-order valence-corrected chi connectivity index (χ1v) is 11.2. The number of sulfonamides is 1. The lowest BCUT2D eigenvalue weighted by molar-refractivity contribution is 0.0788. The quantitative estimate of drug-likeness (QED) is 0.825. The van der Waals surface area contributed by atoms with Gasteiger partial charge in [-0.05, 0) is 50.3 Å². The molecule has 0 bridgehead atoms. The molecule has 152 valence electrons. The summed E-state index contributed by atoms with van der Waals surface area (Å²) in [5, 5.41) is 0. The number of hydrogen-bond acceptors (Lipinski definition) is 3. The summed E-state index contributed by atoms with van der Waals surface area (Å²) in [5.41, 5.74) is 3.15. The van der Waals surface area contributed by atoms with Crippen LogP contribution in [0, 0.1) is 13.8 Å². The summed E-state index contributed by atoms with van der Waals surface area (Å²) in [4.78, 5) is 14.9. The Balaban J connectivity index is 2.01. The first-order valence-electron chi connectivity index (χ1n) is 9.71. The normalized spacial score (nSPS) is 14.7. The molecule has 1 amide bonds. The van der Waals surface area contributed by atoms with E-state index < -0.39 is 10.0 Å². The molecule has 1 N–H and O–H groups in total. The number of carbonyl (C=O) groups is 1. The van der Waals surface area contributed by atoms with E-state index in [2.05, 4.69) is 18.6 Å². The highest BCUT2D eigenvalue weighted by atomic mass is 32.2. The Morgan fingerprint density at radius 2 is 1.61 bits per heavy atom. The maximum Gasteiger partial charge on any atom is 0.264 e. The van der Waals surface area contributed by atoms with E-state index in [0.29, 0.717) is 36.1 Å². The number of aromatic nitrogens is 1. The van der Waals surface area contributed by atoms with Crippen LogP contribution in [0.4, 0.5) is 5.69 Å². The van der Waals surface area contributed by atoms with Gasteiger partial charge in [-0.15, -0.1) is 0 Å². The second kappa shape index (κ2) is 7.62. The van der Waals surface area contributed by atoms with Crippen LogP contribution in [0.2, 0.25) is 0 Å². The molecule has 0 saturated carbocycles. The zero-order valence-corrected chi connectivity index (χ0v) is 18.1. The molecule has 6 nitrogen and oxygen atoms in total. The van der Waals surface area contributed by atoms with Crippen LogP contribution in [0.25, 0.3) is 0 Å². The van der Waals surface area contributed by atoms with Gasteiger partial charge in [-0.25, -0.2) is 8.42 Å². The van der Waals surface area contributed by atoms with Crippen molar-refractivity contribution < 1.29 is 13.2 Å². The minimum atomic E-state index is -3.90. The van der Waals surface area contributed by atoms with Crippen molar-refractivity contribution in [2.75, 3.05) is 17.8 Å². The fourth-order valence-electron chi connectivity index (χ4n) is 3.72. The maximum absolute atomic E-state index is 13.3. The fourth-order valence-corrected chi connectivity index (χ4v) is 5.30. The lowest BCUT2D eigenvalue weighted by Crippen LogP contribution is -2.30. The van der Waals surface area contributed by atoms with E-state index in [-0.39, 0.29) is 16.4 Å². The van der Waals surface area contributed by atoms with Gasteiger partial charge >= 0.3 is 0 Å². The SMILES string of the molecule is Cc1c(C(=O)N2CCCC2)c(S(=O)(=O)Nc2ccc(C(C)C)cc2)c(C)n1C. The van der Waals surface area contributed by atoms with E-state index in [9.17, 15) is 13.2 Å². The largest absolute Gasteiger partial charge is 0.350 e. The molecule has 28 heavy (non-hydrogen) atoms. The van der Waals surface area contributed by atoms with Crippen LogP contribution in [-0.4, -0.2) is 36.9 Å². The van der Waals surface area contributed by atoms with Crippen LogP contribution < -0.4 is 4.72 Å². The van der Waals surface area contributed by atoms with Gasteiger partial charge in [0.25, 0.3) is 15.9 Å². The third-order valence-corrected chi connectivity index (χ3v) is 7.17. The average molecular weight is 404 g/mol. The third kappa shape index (κ3) is 3.68. The monoisotopic (exact) mass is 403 g/mol. The molecule has 0 spiro atoms. The predicted molar refractivity (Wildman–Crippen MR) is 111 cm³/mol. The molecular formula is C21H29N3O3S. The molecule has 0 unspecified atom stereocenters. The number of nitrogens with zero attached hydrogens (tertiary/aromatic N) is 2. The molecule has 1 fully saturated rings. The molecule has 7 heteroatoms. The van der Waals surface area contributed by atoms with Crippen molar-refractivity contribution in [1.82, 2.24) is 9.47 Å². The van der Waals surface area contributed by atoms with Crippen LogP contribution in [0.15, 0.2) is 29.2 Å². The first kappa shape index (κ1) is 20.5. The van der Waals surface area contributed by atoms with Gasteiger partial charge in [0, 0.05) is 37.2 Å². The molecule has 1 aliphatic heterocycles. The molecule has 1 aromatic carbocycles. The van der Waals surface area contributed by atoms with Crippen LogP contribution in [0.1, 0.15) is 59.9 Å². The lowest BCUT2D eigenvalue weighted by Gasteiger charge is -2.17. The second-order valence-corrected chi connectivity index (χ2v) is 9.43. The molecule has 2 heterocycles. The third-order valence-electron chi connectivity index (χ3n) is 5.63. The minimum Gasteiger partial charge on any atom is -0.350 e. The number of likely N-dealkylation sites (tertiary alicyclic amines) is 1. The minimum absolute atomic E-state index is 0.0809. The van der Waals surface area contributed by atoms with Crippen molar-refractivity contribution in [3.05, 3.63) is 46.8 Å². The van der Waals surface area contributed by atoms with Gasteiger partial charge in [-0.1, -0.05) is 26.0 Å². The van der Waals surface area contributed by atoms with Gasteiger partial charge in [-0.3, -0.25) is 9.52 Å². The fraction of sp³-hybridized carbons (Fsp3) is 0.476. The molecule has 1 aromatic heterocycles. The van der Waals surface area contributed by atoms with Crippen molar-refractivity contribution in [2.24, 2.45) is 7.05 Å². The number of carbonyl (C=O) groups excluding carboxylic acids is 1. The van der Waals surface area contributed by atoms with Crippen molar-refractivity contribution in [3.63, 3.8) is 0 Å². The van der Waals surface area contributed by atoms with E-state index in [4.69, 9.17) is 0 Å². The topological polar surface area (TPSA) is 71.4 Å². The number of rotatable bonds is 5. The predicted octanol–water partition coefficient (Wildman–Crippen LogP) is 3.80. The summed E-state index contributed by atoms with van der Waals surface area (Å²) in [5.74, 6) is 0.170. The van der Waals surface area contributed by atoms with Crippen LogP contribution in [0.3, 0.4) is 0 Å². The number of anilines is 1. The molecule has 0 radical (unpaired) electrons. The Hall–Kier alpha value is -2.28. The molecule has 3 rings (SSSR count). The van der Waals surface area contributed by atoms with E-state index in [1.165, 1.54) is 0 Å². The Kier molecular flexibility index (Phi) is 5.57. The van der Waals surface area contributed by atoms with Crippen LogP contribution >= 0.6 is 0 Å². The van der Waals surface area contributed by atoms with Gasteiger partial charge in [-0.2, -0.15) is 0 Å². The molecule has 2 aromatic rings. The Labute approximate surface area is 167 Å². The van der Waals surface area contributed by atoms with Crippen molar-refractivity contribution in [1.29, 1.82) is 0 Å². The molecule has 1 aliphatic rings. The van der Waals surface area contributed by atoms with Gasteiger partial charge in [0.1, 0.15) is 4.90 Å². The van der Waals surface area contributed by atoms with Crippen molar-refractivity contribution in [2.45, 2.75) is 51.3 Å². The number of hydrogen-bond donors (Lipinski definition) is 1. The zero-order valence-electron chi connectivity index (χ0n) is 17.2. The summed E-state index contributed by atoms with van der Waals surface area (Å²) in [6.45, 7) is 9.07. The Morgan fingerprint density at radius 3 is 2.14 bits per heavy atom. The van der Waals surface area contributed by atoms with Gasteiger partial charge in [0.2, 0.25) is 0 Å². The summed E-state index contributed by atoms with van der Waals surface area (Å²) < 4.78 is 30.9. The number of benzene rings is 1. The van der Waals surface area contributed by atoms with E-state index in [0.717, 1.165) is 18.4 Å². The summed E-state index contributed by atoms with van der Waals surface area (Å²) >= 11 is 0. The highest BCUT2D eigenvalue weighted by Crippen LogP contribution is 2.30. The number of amides is 1. The number of nitrogens with one attached hydrogen (secondary N) is 1. The maximum atomic E-state index is 13.3. The second-order valence-electron chi connectivity index (χ2n) is 7.82. The highest BCUT2D eigenvalue weighted by Gasteiger charge is 2.33. The Morgan fingerprint density at radius 1 is 1.04 bits per heavy atom. The molecule has 0 aliphatic carbocycles. The highest BCUT2D eigenvalue weighted by molar-refractivity contribution is 7.92. The van der Waals surface area contributed by atoms with Gasteiger partial charge < -0.3 is 9.47 Å². The standard InChI is InChI=1S/C21H29N3O3S/c1-14(2)17-8-10-18(11-9-17)22-28(26,27)20-16(4)23(5)15(3)19(20)21(25)24-12-6-7-13-24/h8-11,14,22H,6-7,12-13H2,1-5H3. The van der Waals surface area contributed by atoms with Gasteiger partial charge in [0.15, 0.2) is 0 Å². The smallest absolute Gasteiger partial charge is 0.264 e. The molecule has 0 atom stereocenters. The zero-order chi connectivity index (χ0) is 20.6. The van der Waals surface area contributed by atoms with Crippen molar-refractivity contribution in [3.8, 4) is 0 Å². The summed E-state index contributed by atoms with van der Waals surface area (Å²) in [7, 11) is -2.11. The summed E-state index contributed by atoms with van der Waals surface area (Å²) in [6, 6.07) is 7.36. The Bertz CT molecular complexity index is 983. The van der Waals surface area contributed by atoms with Crippen LogP contribution in [-0.2, 0) is 17.1 Å². The summed E-state index contributed by atoms with van der Waals surface area (Å²) in [6.07, 6.45) is 1.91. The molecule has 1 saturated heterocycles. The lowest BCUT2D eigenvalue weighted by atomic mass is 10.0. The van der Waals surface area contributed by atoms with Gasteiger partial charge in [0.05, 0.1) is 5.56 Å². The van der Waals surface area contributed by atoms with Crippen LogP contribution in [0.5, 0.6) is 0 Å². The van der Waals surface area contributed by atoms with E-state index in [1.807, 2.05) is 12.1 Å². The van der Waals surface area contributed by atoms with E-state index in [1.54, 1.807) is 42.5 Å². The molecular weight excluding hydrogens is 374 g/mol. The van der Waals surface area contributed by atoms with E-state index >= 15 is 0 Å². The van der Waals surface area contributed by atoms with Crippen molar-refractivity contribution >= 4 is 21.6 Å².